The van der Waals surface area contributed by atoms with Crippen LogP contribution < -0.4 is 5.11 Å². The van der Waals surface area contributed by atoms with Crippen LogP contribution in [-0.4, -0.2) is 29.9 Å². The number of hydrogen-bond acceptors (Lipinski definition) is 3. The highest BCUT2D eigenvalue weighted by Gasteiger charge is 2.49. The van der Waals surface area contributed by atoms with E-state index in [1.54, 1.807) is 0 Å². The van der Waals surface area contributed by atoms with Gasteiger partial charge >= 0.3 is 0 Å². The number of carbonyl (C=O) groups excluding carboxylic acids is 2. The molecule has 1 heterocycles. The minimum absolute atomic E-state index is 0.0127. The van der Waals surface area contributed by atoms with Crippen LogP contribution in [0.4, 0.5) is 0 Å². The summed E-state index contributed by atoms with van der Waals surface area (Å²) in [5.74, 6) is -1.86. The van der Waals surface area contributed by atoms with Crippen LogP contribution in [0.25, 0.3) is 0 Å². The summed E-state index contributed by atoms with van der Waals surface area (Å²) >= 11 is 0. The van der Waals surface area contributed by atoms with Gasteiger partial charge in [-0.25, -0.2) is 0 Å². The van der Waals surface area contributed by atoms with Gasteiger partial charge in [0.2, 0.25) is 5.91 Å². The third-order valence-electron chi connectivity index (χ3n) is 4.68. The number of fused-ring (bicyclic) bond motifs is 2. The number of carboxylic acids is 1. The Kier molecular flexibility index (Phi) is 2.88. The Balaban J connectivity index is 1.79. The summed E-state index contributed by atoms with van der Waals surface area (Å²) in [5.41, 5.74) is 0. The summed E-state index contributed by atoms with van der Waals surface area (Å²) < 4.78 is 0. The molecule has 4 nitrogen and oxygen atoms in total. The van der Waals surface area contributed by atoms with Crippen LogP contribution in [0.3, 0.4) is 0 Å². The fourth-order valence-electron chi connectivity index (χ4n) is 3.81. The molecule has 2 aliphatic carbocycles. The number of aliphatic carboxylic acids is 1. The Bertz CT molecular complexity index is 398. The number of hydrogen-bond donors (Lipinski definition) is 0. The van der Waals surface area contributed by atoms with Crippen molar-refractivity contribution in [3.05, 3.63) is 12.2 Å². The first-order valence-corrected chi connectivity index (χ1v) is 6.86. The lowest BCUT2D eigenvalue weighted by molar-refractivity contribution is -0.313. The first kappa shape index (κ1) is 11.8. The number of piperidine rings is 1. The van der Waals surface area contributed by atoms with E-state index in [1.165, 1.54) is 6.42 Å². The molecule has 2 fully saturated rings. The molecule has 0 N–H and O–H groups in total. The predicted octanol–water partition coefficient (Wildman–Crippen LogP) is 0.187. The van der Waals surface area contributed by atoms with E-state index in [9.17, 15) is 14.7 Å². The standard InChI is InChI=1S/C14H19NO3/c16-13(15-6-2-1-3-7-15)11-9-4-5-10(8-9)12(11)14(17)18/h4-5,9-12H,1-3,6-8H2,(H,17,18)/p-1/t9-,10+,11-,12+/m1/s1. The van der Waals surface area contributed by atoms with Crippen molar-refractivity contribution in [2.45, 2.75) is 25.7 Å². The van der Waals surface area contributed by atoms with Crippen molar-refractivity contribution >= 4 is 11.9 Å². The topological polar surface area (TPSA) is 60.4 Å². The molecule has 2 bridgehead atoms. The van der Waals surface area contributed by atoms with Crippen molar-refractivity contribution < 1.29 is 14.7 Å². The number of carbonyl (C=O) groups is 2. The minimum Gasteiger partial charge on any atom is -0.550 e. The van der Waals surface area contributed by atoms with E-state index in [1.807, 2.05) is 17.1 Å². The average molecular weight is 248 g/mol. The Morgan fingerprint density at radius 2 is 1.61 bits per heavy atom. The van der Waals surface area contributed by atoms with Crippen molar-refractivity contribution in [1.82, 2.24) is 4.90 Å². The van der Waals surface area contributed by atoms with Gasteiger partial charge in [0.05, 0.1) is 5.92 Å². The predicted molar refractivity (Wildman–Crippen MR) is 63.2 cm³/mol. The second-order valence-electron chi connectivity index (χ2n) is 5.70. The fourth-order valence-corrected chi connectivity index (χ4v) is 3.81. The highest BCUT2D eigenvalue weighted by molar-refractivity contribution is 5.86. The molecule has 1 saturated heterocycles. The molecule has 0 aromatic rings. The van der Waals surface area contributed by atoms with Crippen LogP contribution in [0, 0.1) is 23.7 Å². The van der Waals surface area contributed by atoms with Crippen molar-refractivity contribution in [3.8, 4) is 0 Å². The molecule has 3 rings (SSSR count). The SMILES string of the molecule is O=C([O-])[C@@H]1[C@H](C(=O)N2CCCCC2)[C@@H]2C=C[C@H]1C2. The van der Waals surface area contributed by atoms with Crippen LogP contribution in [-0.2, 0) is 9.59 Å². The molecular weight excluding hydrogens is 230 g/mol. The van der Waals surface area contributed by atoms with E-state index in [-0.39, 0.29) is 23.7 Å². The highest BCUT2D eigenvalue weighted by atomic mass is 16.4. The van der Waals surface area contributed by atoms with Crippen molar-refractivity contribution in [3.63, 3.8) is 0 Å². The van der Waals surface area contributed by atoms with E-state index < -0.39 is 11.9 Å². The van der Waals surface area contributed by atoms with E-state index in [0.717, 1.165) is 32.4 Å². The maximum absolute atomic E-state index is 12.5. The number of carboxylic acid groups (broad SMARTS) is 1. The number of rotatable bonds is 2. The fraction of sp³-hybridized carbons (Fsp3) is 0.714. The Morgan fingerprint density at radius 3 is 2.22 bits per heavy atom. The third kappa shape index (κ3) is 1.74. The first-order chi connectivity index (χ1) is 8.68. The van der Waals surface area contributed by atoms with Gasteiger partial charge in [0, 0.05) is 25.0 Å². The molecule has 3 aliphatic rings. The first-order valence-electron chi connectivity index (χ1n) is 6.86. The Hall–Kier alpha value is -1.32. The molecule has 98 valence electrons. The normalized spacial score (nSPS) is 38.1. The maximum Gasteiger partial charge on any atom is 0.226 e. The summed E-state index contributed by atoms with van der Waals surface area (Å²) in [6.07, 6.45) is 8.03. The Labute approximate surface area is 107 Å². The van der Waals surface area contributed by atoms with Crippen LogP contribution in [0.2, 0.25) is 0 Å². The molecular formula is C14H18NO3-. The summed E-state index contributed by atoms with van der Waals surface area (Å²) in [7, 11) is 0. The molecule has 18 heavy (non-hydrogen) atoms. The van der Waals surface area contributed by atoms with Gasteiger partial charge in [-0.2, -0.15) is 0 Å². The van der Waals surface area contributed by atoms with Crippen LogP contribution in [0.15, 0.2) is 12.2 Å². The number of allylic oxidation sites excluding steroid dienone is 2. The maximum atomic E-state index is 12.5. The number of amides is 1. The van der Waals surface area contributed by atoms with Gasteiger partial charge in [0.15, 0.2) is 0 Å². The lowest BCUT2D eigenvalue weighted by atomic mass is 9.82. The quantitative estimate of drug-likeness (QED) is 0.655. The zero-order chi connectivity index (χ0) is 12.7. The lowest BCUT2D eigenvalue weighted by Gasteiger charge is -2.34. The van der Waals surface area contributed by atoms with E-state index in [2.05, 4.69) is 0 Å². The summed E-state index contributed by atoms with van der Waals surface area (Å²) in [6, 6.07) is 0. The Morgan fingerprint density at radius 1 is 1.00 bits per heavy atom. The second-order valence-corrected chi connectivity index (χ2v) is 5.70. The number of likely N-dealkylation sites (tertiary alicyclic amines) is 1. The minimum atomic E-state index is -1.05. The zero-order valence-corrected chi connectivity index (χ0v) is 10.4. The van der Waals surface area contributed by atoms with Crippen molar-refractivity contribution in [1.29, 1.82) is 0 Å². The number of nitrogens with zero attached hydrogens (tertiary/aromatic N) is 1. The zero-order valence-electron chi connectivity index (χ0n) is 10.4. The molecule has 4 atom stereocenters. The van der Waals surface area contributed by atoms with Crippen LogP contribution in [0.5, 0.6) is 0 Å². The monoisotopic (exact) mass is 248 g/mol. The molecule has 0 unspecified atom stereocenters. The molecule has 0 radical (unpaired) electrons. The summed E-state index contributed by atoms with van der Waals surface area (Å²) in [5, 5.41) is 11.3. The third-order valence-corrected chi connectivity index (χ3v) is 4.68. The molecule has 1 aliphatic heterocycles. The van der Waals surface area contributed by atoms with Gasteiger partial charge < -0.3 is 14.8 Å². The smallest absolute Gasteiger partial charge is 0.226 e. The van der Waals surface area contributed by atoms with Gasteiger partial charge in [-0.1, -0.05) is 12.2 Å². The molecule has 1 saturated carbocycles. The van der Waals surface area contributed by atoms with Crippen molar-refractivity contribution in [2.24, 2.45) is 23.7 Å². The van der Waals surface area contributed by atoms with Crippen LogP contribution in [0.1, 0.15) is 25.7 Å². The molecule has 4 heteroatoms. The van der Waals surface area contributed by atoms with Gasteiger partial charge in [-0.3, -0.25) is 4.79 Å². The van der Waals surface area contributed by atoms with Crippen molar-refractivity contribution in [2.75, 3.05) is 13.1 Å². The van der Waals surface area contributed by atoms with Gasteiger partial charge in [0.25, 0.3) is 0 Å². The van der Waals surface area contributed by atoms with E-state index >= 15 is 0 Å². The molecule has 0 aromatic carbocycles. The van der Waals surface area contributed by atoms with Gasteiger partial charge in [0.1, 0.15) is 0 Å². The van der Waals surface area contributed by atoms with Gasteiger partial charge in [-0.05, 0) is 37.5 Å². The van der Waals surface area contributed by atoms with E-state index in [0.29, 0.717) is 0 Å². The van der Waals surface area contributed by atoms with Gasteiger partial charge in [-0.15, -0.1) is 0 Å². The molecule has 0 aromatic heterocycles. The molecule has 1 amide bonds. The highest BCUT2D eigenvalue weighted by Crippen LogP contribution is 2.48. The van der Waals surface area contributed by atoms with E-state index in [4.69, 9.17) is 0 Å². The van der Waals surface area contributed by atoms with Crippen LogP contribution >= 0.6 is 0 Å². The lowest BCUT2D eigenvalue weighted by Crippen LogP contribution is -2.47. The summed E-state index contributed by atoms with van der Waals surface area (Å²) in [4.78, 5) is 25.6. The average Bonchev–Trinajstić information content (AvgIpc) is 2.99. The summed E-state index contributed by atoms with van der Waals surface area (Å²) in [6.45, 7) is 1.58. The second kappa shape index (κ2) is 4.41. The molecule has 0 spiro atoms. The largest absolute Gasteiger partial charge is 0.550 e.